The molecular formula is C28H43F3N2O. The normalized spacial score (nSPS) is 18.1. The maximum Gasteiger partial charge on any atom is 0.419 e. The molecule has 1 aromatic carbocycles. The topological polar surface area (TPSA) is 33.6 Å². The first-order valence-corrected chi connectivity index (χ1v) is 12.8. The van der Waals surface area contributed by atoms with E-state index in [0.29, 0.717) is 11.3 Å². The lowest BCUT2D eigenvalue weighted by molar-refractivity contribution is -0.138. The number of hydrogen-bond donors (Lipinski definition) is 1. The first kappa shape index (κ1) is 30.0. The molecule has 0 aromatic heterocycles. The van der Waals surface area contributed by atoms with Crippen LogP contribution in [0.15, 0.2) is 41.4 Å². The van der Waals surface area contributed by atoms with Crippen LogP contribution >= 0.6 is 0 Å². The van der Waals surface area contributed by atoms with Gasteiger partial charge in [-0.1, -0.05) is 65.7 Å². The number of hydrogen-bond acceptors (Lipinski definition) is 3. The first-order chi connectivity index (χ1) is 16.3. The molecule has 0 bridgehead atoms. The van der Waals surface area contributed by atoms with E-state index in [9.17, 15) is 13.2 Å². The number of nitrogens with one attached hydrogen (secondary N) is 1. The molecule has 1 aliphatic heterocycles. The molecule has 0 spiro atoms. The molecule has 2 atom stereocenters. The van der Waals surface area contributed by atoms with E-state index >= 15 is 0 Å². The fourth-order valence-electron chi connectivity index (χ4n) is 3.80. The zero-order valence-electron chi connectivity index (χ0n) is 21.8. The molecule has 1 heterocycles. The Hall–Kier alpha value is -2.08. The summed E-state index contributed by atoms with van der Waals surface area (Å²) < 4.78 is 46.9. The number of benzene rings is 1. The van der Waals surface area contributed by atoms with Gasteiger partial charge in [-0.3, -0.25) is 4.99 Å². The Morgan fingerprint density at radius 2 is 1.97 bits per heavy atom. The summed E-state index contributed by atoms with van der Waals surface area (Å²) in [5, 5.41) is 3.47. The van der Waals surface area contributed by atoms with E-state index in [1.807, 2.05) is 26.8 Å². The number of unbranched alkanes of at least 4 members (excludes halogenated alkanes) is 2. The molecule has 1 fully saturated rings. The monoisotopic (exact) mass is 480 g/mol. The van der Waals surface area contributed by atoms with E-state index in [-0.39, 0.29) is 24.3 Å². The maximum absolute atomic E-state index is 13.8. The van der Waals surface area contributed by atoms with Crippen molar-refractivity contribution in [1.29, 1.82) is 0 Å². The van der Waals surface area contributed by atoms with E-state index in [4.69, 9.17) is 9.73 Å². The van der Waals surface area contributed by atoms with Gasteiger partial charge in [0.25, 0.3) is 0 Å². The molecule has 2 unspecified atom stereocenters. The Morgan fingerprint density at radius 1 is 1.24 bits per heavy atom. The van der Waals surface area contributed by atoms with Crippen molar-refractivity contribution in [2.45, 2.75) is 92.3 Å². The molecule has 0 saturated carbocycles. The SMILES string of the molecule is C/C=C(\N=C(C(C)CC)C1CCCN1)c1ccc(OC/C=C/CCCC)c(C(F)(F)F)c1.CC. The lowest BCUT2D eigenvalue weighted by atomic mass is 9.95. The Morgan fingerprint density at radius 3 is 2.53 bits per heavy atom. The molecule has 0 radical (unpaired) electrons. The van der Waals surface area contributed by atoms with Gasteiger partial charge < -0.3 is 10.1 Å². The van der Waals surface area contributed by atoms with Gasteiger partial charge in [0.05, 0.1) is 11.3 Å². The van der Waals surface area contributed by atoms with Crippen LogP contribution in [0.2, 0.25) is 0 Å². The van der Waals surface area contributed by atoms with Gasteiger partial charge in [0.15, 0.2) is 0 Å². The highest BCUT2D eigenvalue weighted by molar-refractivity contribution is 5.95. The Kier molecular flexibility index (Phi) is 13.9. The summed E-state index contributed by atoms with van der Waals surface area (Å²) in [7, 11) is 0. The Balaban J connectivity index is 0.00000281. The van der Waals surface area contributed by atoms with Crippen molar-refractivity contribution >= 4 is 11.4 Å². The van der Waals surface area contributed by atoms with E-state index in [1.165, 1.54) is 6.07 Å². The third-order valence-electron chi connectivity index (χ3n) is 5.86. The predicted molar refractivity (Wildman–Crippen MR) is 139 cm³/mol. The van der Waals surface area contributed by atoms with Gasteiger partial charge >= 0.3 is 6.18 Å². The highest BCUT2D eigenvalue weighted by atomic mass is 19.4. The average molecular weight is 481 g/mol. The van der Waals surface area contributed by atoms with Crippen LogP contribution in [-0.2, 0) is 6.18 Å². The molecule has 6 heteroatoms. The standard InChI is InChI=1S/C26H37F3N2O.C2H6/c1-5-8-9-10-11-17-32-24-15-14-20(18-21(24)26(27,28)29)22(7-3)31-25(19(4)6-2)23-13-12-16-30-23;1-2/h7,10-11,14-15,18-19,23,30H,5-6,8-9,12-13,16-17H2,1-4H3;1-2H3/b11-10+,22-7-,31-25?;. The summed E-state index contributed by atoms with van der Waals surface area (Å²) in [5.74, 6) is 0.102. The van der Waals surface area contributed by atoms with E-state index in [0.717, 1.165) is 56.8 Å². The summed E-state index contributed by atoms with van der Waals surface area (Å²) in [5.41, 5.74) is 1.26. The minimum Gasteiger partial charge on any atom is -0.489 e. The van der Waals surface area contributed by atoms with Gasteiger partial charge in [-0.15, -0.1) is 0 Å². The summed E-state index contributed by atoms with van der Waals surface area (Å²) in [6.07, 6.45) is 7.06. The number of aliphatic imine (C=N–C) groups is 1. The average Bonchev–Trinajstić information content (AvgIpc) is 3.37. The van der Waals surface area contributed by atoms with Gasteiger partial charge in [0.2, 0.25) is 0 Å². The molecule has 1 saturated heterocycles. The van der Waals surface area contributed by atoms with Gasteiger partial charge in [-0.25, -0.2) is 0 Å². The fourth-order valence-corrected chi connectivity index (χ4v) is 3.80. The minimum absolute atomic E-state index is 0.117. The quantitative estimate of drug-likeness (QED) is 0.196. The van der Waals surface area contributed by atoms with Crippen molar-refractivity contribution < 1.29 is 17.9 Å². The van der Waals surface area contributed by atoms with Crippen LogP contribution in [0.5, 0.6) is 5.75 Å². The second-order valence-electron chi connectivity index (χ2n) is 8.30. The summed E-state index contributed by atoms with van der Waals surface area (Å²) >= 11 is 0. The Labute approximate surface area is 204 Å². The third-order valence-corrected chi connectivity index (χ3v) is 5.86. The molecule has 3 nitrogen and oxygen atoms in total. The number of halogens is 3. The number of nitrogens with zero attached hydrogens (tertiary/aromatic N) is 1. The van der Waals surface area contributed by atoms with Crippen LogP contribution in [0.1, 0.15) is 91.2 Å². The molecule has 2 rings (SSSR count). The van der Waals surface area contributed by atoms with E-state index < -0.39 is 11.7 Å². The summed E-state index contributed by atoms with van der Waals surface area (Å²) in [6, 6.07) is 4.42. The second-order valence-corrected chi connectivity index (χ2v) is 8.30. The van der Waals surface area contributed by atoms with Gasteiger partial charge in [-0.2, -0.15) is 13.2 Å². The number of allylic oxidation sites excluding steroid dienone is 2. The van der Waals surface area contributed by atoms with Crippen LogP contribution < -0.4 is 10.1 Å². The van der Waals surface area contributed by atoms with Crippen molar-refractivity contribution in [3.05, 3.63) is 47.6 Å². The smallest absolute Gasteiger partial charge is 0.419 e. The lowest BCUT2D eigenvalue weighted by Crippen LogP contribution is -2.34. The van der Waals surface area contributed by atoms with E-state index in [1.54, 1.807) is 18.2 Å². The number of alkyl halides is 3. The maximum atomic E-state index is 13.8. The zero-order valence-corrected chi connectivity index (χ0v) is 21.8. The largest absolute Gasteiger partial charge is 0.489 e. The molecular weight excluding hydrogens is 437 g/mol. The van der Waals surface area contributed by atoms with Crippen molar-refractivity contribution in [2.75, 3.05) is 13.2 Å². The number of ether oxygens (including phenoxy) is 1. The first-order valence-electron chi connectivity index (χ1n) is 12.8. The van der Waals surface area contributed by atoms with Crippen LogP contribution in [0, 0.1) is 5.92 Å². The summed E-state index contributed by atoms with van der Waals surface area (Å²) in [4.78, 5) is 4.87. The van der Waals surface area contributed by atoms with Crippen molar-refractivity contribution in [3.63, 3.8) is 0 Å². The molecule has 0 aliphatic carbocycles. The second kappa shape index (κ2) is 15.8. The third kappa shape index (κ3) is 9.28. The molecule has 1 aromatic rings. The van der Waals surface area contributed by atoms with Crippen LogP contribution in [-0.4, -0.2) is 24.9 Å². The highest BCUT2D eigenvalue weighted by Gasteiger charge is 2.35. The van der Waals surface area contributed by atoms with Gasteiger partial charge in [-0.05, 0) is 63.3 Å². The van der Waals surface area contributed by atoms with Gasteiger partial charge in [0.1, 0.15) is 12.4 Å². The van der Waals surface area contributed by atoms with Gasteiger partial charge in [0, 0.05) is 17.3 Å². The molecule has 192 valence electrons. The zero-order chi connectivity index (χ0) is 25.6. The van der Waals surface area contributed by atoms with Crippen LogP contribution in [0.4, 0.5) is 13.2 Å². The van der Waals surface area contributed by atoms with Crippen molar-refractivity contribution in [1.82, 2.24) is 5.32 Å². The highest BCUT2D eigenvalue weighted by Crippen LogP contribution is 2.38. The van der Waals surface area contributed by atoms with Crippen LogP contribution in [0.3, 0.4) is 0 Å². The molecule has 1 aliphatic rings. The van der Waals surface area contributed by atoms with Crippen molar-refractivity contribution in [2.24, 2.45) is 10.9 Å². The number of rotatable bonds is 11. The molecule has 1 N–H and O–H groups in total. The lowest BCUT2D eigenvalue weighted by Gasteiger charge is -2.21. The fraction of sp³-hybridized carbons (Fsp3) is 0.607. The van der Waals surface area contributed by atoms with Crippen molar-refractivity contribution in [3.8, 4) is 5.75 Å². The van der Waals surface area contributed by atoms with E-state index in [2.05, 4.69) is 26.1 Å². The molecule has 0 amide bonds. The summed E-state index contributed by atoms with van der Waals surface area (Å²) in [6.45, 7) is 13.2. The Bertz CT molecular complexity index is 806. The minimum atomic E-state index is -4.51. The predicted octanol–water partition coefficient (Wildman–Crippen LogP) is 8.46. The van der Waals surface area contributed by atoms with Crippen LogP contribution in [0.25, 0.3) is 5.70 Å². The molecule has 34 heavy (non-hydrogen) atoms.